The Kier molecular flexibility index (Phi) is 20.8. The van der Waals surface area contributed by atoms with E-state index in [1.54, 1.807) is 44.7 Å². The number of Topliss-reactive ketones (excluding diaryl/α,β-unsaturated/α-hetero) is 1. The SMILES string of the molecule is CC(=O)c1ccc(Cl)nc1.COCCOc1ccc([C@H](C)N2C[C@@H]3C[C@H]2CN3)c(C)c1C.COCCOc1ccc([C@H](C)N2C[C@@H]3C[C@H]2CN3C(=O)c2ccc(Cl)nc2)c(C)c1C.ClCCl. The summed E-state index contributed by atoms with van der Waals surface area (Å²) in [4.78, 5) is 38.6. The summed E-state index contributed by atoms with van der Waals surface area (Å²) in [5.41, 5.74) is 9.01. The molecule has 4 saturated heterocycles. The van der Waals surface area contributed by atoms with Crippen molar-refractivity contribution in [1.82, 2.24) is 30.0 Å². The van der Waals surface area contributed by atoms with Crippen LogP contribution in [0.3, 0.4) is 0 Å². The Morgan fingerprint density at radius 2 is 1.17 bits per heavy atom. The minimum Gasteiger partial charge on any atom is -0.491 e. The van der Waals surface area contributed by atoms with Crippen LogP contribution in [0.15, 0.2) is 60.9 Å². The number of hydrogen-bond acceptors (Lipinski definition) is 11. The van der Waals surface area contributed by atoms with Gasteiger partial charge in [-0.05, 0) is 131 Å². The summed E-state index contributed by atoms with van der Waals surface area (Å²) in [5.74, 6) is 1.95. The largest absolute Gasteiger partial charge is 0.491 e. The van der Waals surface area contributed by atoms with Gasteiger partial charge >= 0.3 is 0 Å². The molecule has 4 aliphatic rings. The van der Waals surface area contributed by atoms with Crippen LogP contribution >= 0.6 is 46.4 Å². The van der Waals surface area contributed by atoms with Crippen LogP contribution in [-0.2, 0) is 9.47 Å². The maximum absolute atomic E-state index is 12.9. The minimum atomic E-state index is 0.00386. The van der Waals surface area contributed by atoms with Gasteiger partial charge in [0.05, 0.1) is 24.1 Å². The number of fused-ring (bicyclic) bond motifs is 4. The van der Waals surface area contributed by atoms with Crippen molar-refractivity contribution in [2.24, 2.45) is 0 Å². The molecular formula is C50H66Cl4N6O6. The van der Waals surface area contributed by atoms with E-state index in [4.69, 9.17) is 65.4 Å². The van der Waals surface area contributed by atoms with Gasteiger partial charge in [0.15, 0.2) is 5.78 Å². The number of carbonyl (C=O) groups is 2. The van der Waals surface area contributed by atoms with Crippen molar-refractivity contribution in [3.8, 4) is 11.5 Å². The fraction of sp³-hybridized carbons (Fsp3) is 0.520. The van der Waals surface area contributed by atoms with Crippen LogP contribution in [0.5, 0.6) is 11.5 Å². The van der Waals surface area contributed by atoms with Gasteiger partial charge in [0.25, 0.3) is 5.91 Å². The number of amides is 1. The van der Waals surface area contributed by atoms with Crippen molar-refractivity contribution < 1.29 is 28.5 Å². The molecule has 360 valence electrons. The summed E-state index contributed by atoms with van der Waals surface area (Å²) in [5, 5.41) is 4.59. The first kappa shape index (κ1) is 53.4. The molecule has 4 bridgehead atoms. The normalized spacial score (nSPS) is 20.3. The highest BCUT2D eigenvalue weighted by Gasteiger charge is 2.47. The Morgan fingerprint density at radius 3 is 1.56 bits per heavy atom. The molecule has 0 unspecified atom stereocenters. The molecule has 4 aliphatic heterocycles. The molecule has 6 atom stereocenters. The zero-order chi connectivity index (χ0) is 48.1. The molecule has 4 fully saturated rings. The first-order valence-corrected chi connectivity index (χ1v) is 24.3. The van der Waals surface area contributed by atoms with Gasteiger partial charge in [-0.25, -0.2) is 9.97 Å². The highest BCUT2D eigenvalue weighted by Crippen LogP contribution is 2.40. The Bertz CT molecular complexity index is 2200. The third kappa shape index (κ3) is 13.6. The summed E-state index contributed by atoms with van der Waals surface area (Å²) in [6, 6.07) is 18.1. The van der Waals surface area contributed by atoms with Gasteiger partial charge in [-0.2, -0.15) is 0 Å². The van der Waals surface area contributed by atoms with E-state index in [2.05, 4.69) is 90.9 Å². The molecule has 4 aromatic rings. The first-order chi connectivity index (χ1) is 31.6. The van der Waals surface area contributed by atoms with E-state index in [9.17, 15) is 9.59 Å². The molecule has 8 rings (SSSR count). The molecule has 1 N–H and O–H groups in total. The minimum absolute atomic E-state index is 0.00386. The summed E-state index contributed by atoms with van der Waals surface area (Å²) in [6.45, 7) is 21.1. The van der Waals surface area contributed by atoms with Crippen LogP contribution in [0.25, 0.3) is 0 Å². The van der Waals surface area contributed by atoms with Crippen molar-refractivity contribution in [1.29, 1.82) is 0 Å². The molecule has 0 saturated carbocycles. The number of pyridine rings is 2. The van der Waals surface area contributed by atoms with Crippen LogP contribution in [0.4, 0.5) is 0 Å². The molecule has 2 aromatic carbocycles. The van der Waals surface area contributed by atoms with Crippen LogP contribution in [0.2, 0.25) is 10.3 Å². The average molecular weight is 989 g/mol. The van der Waals surface area contributed by atoms with E-state index in [0.29, 0.717) is 72.0 Å². The molecule has 66 heavy (non-hydrogen) atoms. The molecule has 6 heterocycles. The second-order valence-electron chi connectivity index (χ2n) is 17.1. The second-order valence-corrected chi connectivity index (χ2v) is 18.7. The van der Waals surface area contributed by atoms with Gasteiger partial charge in [-0.15, -0.1) is 23.2 Å². The van der Waals surface area contributed by atoms with Crippen molar-refractivity contribution in [3.63, 3.8) is 0 Å². The number of nitrogens with one attached hydrogen (secondary N) is 1. The number of benzene rings is 2. The van der Waals surface area contributed by atoms with Crippen molar-refractivity contribution in [2.75, 3.05) is 72.2 Å². The van der Waals surface area contributed by atoms with Crippen molar-refractivity contribution >= 4 is 58.1 Å². The van der Waals surface area contributed by atoms with Gasteiger partial charge in [0.1, 0.15) is 35.0 Å². The zero-order valence-electron chi connectivity index (χ0n) is 39.7. The van der Waals surface area contributed by atoms with E-state index in [1.807, 2.05) is 4.90 Å². The average Bonchev–Trinajstić information content (AvgIpc) is 4.14. The maximum Gasteiger partial charge on any atom is 0.255 e. The Labute approximate surface area is 411 Å². The lowest BCUT2D eigenvalue weighted by molar-refractivity contribution is 0.0568. The van der Waals surface area contributed by atoms with E-state index >= 15 is 0 Å². The zero-order valence-corrected chi connectivity index (χ0v) is 42.7. The smallest absolute Gasteiger partial charge is 0.255 e. The number of ether oxygens (including phenoxy) is 4. The number of methoxy groups -OCH3 is 2. The number of piperazine rings is 2. The highest BCUT2D eigenvalue weighted by molar-refractivity contribution is 6.40. The number of rotatable bonds is 14. The molecule has 12 nitrogen and oxygen atoms in total. The molecule has 16 heteroatoms. The second kappa shape index (κ2) is 25.7. The Hall–Kier alpha value is -3.56. The van der Waals surface area contributed by atoms with Crippen LogP contribution in [0, 0.1) is 27.7 Å². The number of nitrogens with zero attached hydrogens (tertiary/aromatic N) is 5. The summed E-state index contributed by atoms with van der Waals surface area (Å²) in [6.07, 6.45) is 5.36. The van der Waals surface area contributed by atoms with Crippen molar-refractivity contribution in [2.45, 2.75) is 97.6 Å². The number of hydrogen-bond donors (Lipinski definition) is 1. The number of ketones is 1. The lowest BCUT2D eigenvalue weighted by atomic mass is 9.96. The van der Waals surface area contributed by atoms with Gasteiger partial charge in [-0.1, -0.05) is 35.3 Å². The standard InChI is InChI=1S/C24H30ClN3O3.C18H28N2O2.C7H6ClNO.CH2Cl2/c1-15-16(2)22(31-10-9-30-4)7-6-21(15)17(3)27-13-20-11-19(27)14-28(20)24(29)18-5-8-23(25)26-12-18;1-12-13(2)18(22-8-7-21-4)6-5-17(12)14(3)20-11-15-9-16(20)10-19-15;1-5(10)6-2-3-7(8)9-4-6;2-1-3/h5-8,12,17,19-20H,9-11,13-14H2,1-4H3;5-6,14-16,19H,7-11H2,1-4H3;2-4H,1H3;1H2/t17-,19-,20-;14-,15-,16-;;/m00../s1. The fourth-order valence-electron chi connectivity index (χ4n) is 9.42. The molecule has 0 aliphatic carbocycles. The summed E-state index contributed by atoms with van der Waals surface area (Å²) >= 11 is 20.9. The lowest BCUT2D eigenvalue weighted by Crippen LogP contribution is -2.49. The third-order valence-corrected chi connectivity index (χ3v) is 13.7. The van der Waals surface area contributed by atoms with Crippen LogP contribution in [0.1, 0.15) is 99.8 Å². The topological polar surface area (TPSA) is 119 Å². The monoisotopic (exact) mass is 986 g/mol. The third-order valence-electron chi connectivity index (χ3n) is 13.3. The highest BCUT2D eigenvalue weighted by atomic mass is 35.5. The van der Waals surface area contributed by atoms with Gasteiger partial charge in [0.2, 0.25) is 0 Å². The predicted octanol–water partition coefficient (Wildman–Crippen LogP) is 9.83. The first-order valence-electron chi connectivity index (χ1n) is 22.5. The summed E-state index contributed by atoms with van der Waals surface area (Å²) < 4.78 is 21.8. The number of aromatic nitrogens is 2. The quantitative estimate of drug-likeness (QED) is 0.0563. The molecule has 2 aromatic heterocycles. The fourth-order valence-corrected chi connectivity index (χ4v) is 9.64. The van der Waals surface area contributed by atoms with Crippen molar-refractivity contribution in [3.05, 3.63) is 116 Å². The number of carbonyl (C=O) groups excluding carboxylic acids is 2. The van der Waals surface area contributed by atoms with Gasteiger partial charge < -0.3 is 29.2 Å². The van der Waals surface area contributed by atoms with Crippen LogP contribution < -0.4 is 14.8 Å². The molecular weight excluding hydrogens is 922 g/mol. The van der Waals surface area contributed by atoms with E-state index < -0.39 is 0 Å². The van der Waals surface area contributed by atoms with Gasteiger partial charge in [0, 0.05) is 94.6 Å². The lowest BCUT2D eigenvalue weighted by Gasteiger charge is -2.38. The Balaban J connectivity index is 0.000000202. The molecule has 0 spiro atoms. The number of alkyl halides is 2. The Morgan fingerprint density at radius 1 is 0.667 bits per heavy atom. The van der Waals surface area contributed by atoms with E-state index in [-0.39, 0.29) is 29.1 Å². The number of halogens is 4. The number of likely N-dealkylation sites (tertiary alicyclic amines) is 3. The van der Waals surface area contributed by atoms with E-state index in [1.165, 1.54) is 59.5 Å². The predicted molar refractivity (Wildman–Crippen MR) is 265 cm³/mol. The van der Waals surface area contributed by atoms with Gasteiger partial charge in [-0.3, -0.25) is 19.4 Å². The molecule has 0 radical (unpaired) electrons. The summed E-state index contributed by atoms with van der Waals surface area (Å²) in [7, 11) is 3.38. The molecule has 1 amide bonds. The maximum atomic E-state index is 12.9. The van der Waals surface area contributed by atoms with Crippen LogP contribution in [-0.4, -0.2) is 133 Å². The van der Waals surface area contributed by atoms with E-state index in [0.717, 1.165) is 37.6 Å².